The number of thiophene rings is 1. The second-order valence-corrected chi connectivity index (χ2v) is 6.79. The van der Waals surface area contributed by atoms with Crippen molar-refractivity contribution in [1.29, 1.82) is 0 Å². The third-order valence-electron chi connectivity index (χ3n) is 3.54. The summed E-state index contributed by atoms with van der Waals surface area (Å²) in [4.78, 5) is 2.83. The smallest absolute Gasteiger partial charge is 0.121 e. The molecule has 1 heterocycles. The second-order valence-electron chi connectivity index (χ2n) is 5.10. The molecule has 0 bridgehead atoms. The predicted octanol–water partition coefficient (Wildman–Crippen LogP) is 4.56. The van der Waals surface area contributed by atoms with Crippen LogP contribution in [0.25, 0.3) is 0 Å². The molecule has 0 saturated carbocycles. The maximum atomic E-state index is 6.01. The summed E-state index contributed by atoms with van der Waals surface area (Å²) in [6, 6.07) is 12.3. The fourth-order valence-electron chi connectivity index (χ4n) is 2.28. The van der Waals surface area contributed by atoms with E-state index in [0.29, 0.717) is 5.02 Å². The van der Waals surface area contributed by atoms with E-state index in [2.05, 4.69) is 31.3 Å². The molecule has 0 aliphatic carbocycles. The molecule has 1 N–H and O–H groups in total. The van der Waals surface area contributed by atoms with Gasteiger partial charge in [-0.25, -0.2) is 0 Å². The van der Waals surface area contributed by atoms with Crippen LogP contribution in [0.4, 0.5) is 0 Å². The van der Waals surface area contributed by atoms with E-state index in [9.17, 15) is 0 Å². The van der Waals surface area contributed by atoms with Crippen LogP contribution in [0.3, 0.4) is 0 Å². The van der Waals surface area contributed by atoms with Crippen LogP contribution in [-0.4, -0.2) is 19.2 Å². The number of aryl methyl sites for hydroxylation is 1. The normalized spacial score (nSPS) is 13.9. The van der Waals surface area contributed by atoms with Crippen LogP contribution in [0.2, 0.25) is 5.02 Å². The highest BCUT2D eigenvalue weighted by Crippen LogP contribution is 2.22. The van der Waals surface area contributed by atoms with E-state index in [0.717, 1.165) is 18.6 Å². The molecule has 2 atom stereocenters. The summed E-state index contributed by atoms with van der Waals surface area (Å²) in [7, 11) is 1.98. The number of hydrogen-bond donors (Lipinski definition) is 1. The highest BCUT2D eigenvalue weighted by molar-refractivity contribution is 7.11. The molecular formula is C17H22ClNOS. The van der Waals surface area contributed by atoms with Crippen molar-refractivity contribution >= 4 is 22.9 Å². The highest BCUT2D eigenvalue weighted by atomic mass is 35.5. The molecule has 0 aliphatic heterocycles. The van der Waals surface area contributed by atoms with Gasteiger partial charge < -0.3 is 10.1 Å². The Kier molecular flexibility index (Phi) is 6.09. The van der Waals surface area contributed by atoms with Crippen molar-refractivity contribution in [2.45, 2.75) is 38.8 Å². The minimum absolute atomic E-state index is 0.0700. The molecule has 2 aromatic rings. The van der Waals surface area contributed by atoms with Crippen LogP contribution in [-0.2, 0) is 12.8 Å². The van der Waals surface area contributed by atoms with E-state index >= 15 is 0 Å². The zero-order valence-electron chi connectivity index (χ0n) is 12.7. The Hall–Kier alpha value is -1.03. The average molecular weight is 324 g/mol. The number of hydrogen-bond acceptors (Lipinski definition) is 3. The molecule has 2 unspecified atom stereocenters. The maximum Gasteiger partial charge on any atom is 0.121 e. The van der Waals surface area contributed by atoms with Crippen molar-refractivity contribution in [3.05, 3.63) is 51.2 Å². The van der Waals surface area contributed by atoms with Gasteiger partial charge in [-0.1, -0.05) is 24.6 Å². The van der Waals surface area contributed by atoms with Crippen molar-refractivity contribution < 1.29 is 4.74 Å². The second kappa shape index (κ2) is 7.83. The molecule has 21 heavy (non-hydrogen) atoms. The molecule has 0 fully saturated rings. The number of benzene rings is 1. The van der Waals surface area contributed by atoms with Gasteiger partial charge in [0.2, 0.25) is 0 Å². The summed E-state index contributed by atoms with van der Waals surface area (Å²) in [6.07, 6.45) is 2.15. The summed E-state index contributed by atoms with van der Waals surface area (Å²) < 4.78 is 6.01. The molecule has 0 radical (unpaired) electrons. The number of ether oxygens (including phenoxy) is 1. The first-order valence-corrected chi connectivity index (χ1v) is 8.49. The molecule has 0 saturated heterocycles. The van der Waals surface area contributed by atoms with E-state index in [1.54, 1.807) is 0 Å². The van der Waals surface area contributed by atoms with Crippen molar-refractivity contribution in [1.82, 2.24) is 5.32 Å². The lowest BCUT2D eigenvalue weighted by atomic mass is 10.1. The minimum atomic E-state index is 0.0700. The number of nitrogens with one attached hydrogen (secondary N) is 1. The number of halogens is 1. The van der Waals surface area contributed by atoms with Gasteiger partial charge in [0.25, 0.3) is 0 Å². The molecule has 2 nitrogen and oxygen atoms in total. The topological polar surface area (TPSA) is 21.3 Å². The molecule has 0 amide bonds. The Morgan fingerprint density at radius 3 is 2.62 bits per heavy atom. The van der Waals surface area contributed by atoms with Gasteiger partial charge in [-0.3, -0.25) is 0 Å². The first-order valence-electron chi connectivity index (χ1n) is 7.29. The van der Waals surface area contributed by atoms with Gasteiger partial charge in [0.05, 0.1) is 0 Å². The summed E-state index contributed by atoms with van der Waals surface area (Å²) in [5, 5.41) is 4.06. The summed E-state index contributed by atoms with van der Waals surface area (Å²) in [5.74, 6) is 0.815. The fourth-order valence-corrected chi connectivity index (χ4v) is 3.48. The van der Waals surface area contributed by atoms with E-state index in [1.165, 1.54) is 9.75 Å². The molecule has 114 valence electrons. The van der Waals surface area contributed by atoms with Crippen molar-refractivity contribution in [3.8, 4) is 5.75 Å². The standard InChI is InChI=1S/C17H22ClNOS/c1-4-15-8-9-16(21-15)11-17(19-3)12(2)20-14-7-5-6-13(18)10-14/h5-10,12,17,19H,4,11H2,1-3H3. The van der Waals surface area contributed by atoms with E-state index in [1.807, 2.05) is 42.6 Å². The van der Waals surface area contributed by atoms with Crippen LogP contribution >= 0.6 is 22.9 Å². The first kappa shape index (κ1) is 16.3. The molecule has 4 heteroatoms. The Balaban J connectivity index is 1.99. The molecule has 0 aliphatic rings. The van der Waals surface area contributed by atoms with Gasteiger partial charge in [-0.2, -0.15) is 0 Å². The SMILES string of the molecule is CCc1ccc(CC(NC)C(C)Oc2cccc(Cl)c2)s1. The Morgan fingerprint density at radius 1 is 1.24 bits per heavy atom. The van der Waals surface area contributed by atoms with Crippen LogP contribution in [0.5, 0.6) is 5.75 Å². The molecule has 0 spiro atoms. The zero-order chi connectivity index (χ0) is 15.2. The van der Waals surface area contributed by atoms with E-state index in [4.69, 9.17) is 16.3 Å². The molecule has 2 rings (SSSR count). The Morgan fingerprint density at radius 2 is 2.00 bits per heavy atom. The Bertz CT molecular complexity index is 569. The van der Waals surface area contributed by atoms with Crippen molar-refractivity contribution in [2.24, 2.45) is 0 Å². The monoisotopic (exact) mass is 323 g/mol. The molecule has 1 aromatic heterocycles. The summed E-state index contributed by atoms with van der Waals surface area (Å²) in [5.41, 5.74) is 0. The third-order valence-corrected chi connectivity index (χ3v) is 5.03. The first-order chi connectivity index (χ1) is 10.1. The van der Waals surface area contributed by atoms with Crippen LogP contribution in [0.15, 0.2) is 36.4 Å². The van der Waals surface area contributed by atoms with Gasteiger partial charge in [0, 0.05) is 27.2 Å². The van der Waals surface area contributed by atoms with Gasteiger partial charge in [0.1, 0.15) is 11.9 Å². The molecular weight excluding hydrogens is 302 g/mol. The molecule has 1 aromatic carbocycles. The third kappa shape index (κ3) is 4.73. The Labute approximate surface area is 136 Å². The lowest BCUT2D eigenvalue weighted by molar-refractivity contribution is 0.174. The van der Waals surface area contributed by atoms with Crippen LogP contribution in [0.1, 0.15) is 23.6 Å². The van der Waals surface area contributed by atoms with Crippen molar-refractivity contribution in [3.63, 3.8) is 0 Å². The van der Waals surface area contributed by atoms with Crippen LogP contribution < -0.4 is 10.1 Å². The van der Waals surface area contributed by atoms with Crippen molar-refractivity contribution in [2.75, 3.05) is 7.05 Å². The predicted molar refractivity (Wildman–Crippen MR) is 91.8 cm³/mol. The lowest BCUT2D eigenvalue weighted by Crippen LogP contribution is -2.40. The minimum Gasteiger partial charge on any atom is -0.489 e. The van der Waals surface area contributed by atoms with Gasteiger partial charge >= 0.3 is 0 Å². The number of rotatable bonds is 7. The van der Waals surface area contributed by atoms with Crippen LogP contribution in [0, 0.1) is 0 Å². The van der Waals surface area contributed by atoms with E-state index < -0.39 is 0 Å². The summed E-state index contributed by atoms with van der Waals surface area (Å²) in [6.45, 7) is 4.28. The zero-order valence-corrected chi connectivity index (χ0v) is 14.3. The van der Waals surface area contributed by atoms with E-state index in [-0.39, 0.29) is 12.1 Å². The average Bonchev–Trinajstić information content (AvgIpc) is 2.92. The van der Waals surface area contributed by atoms with Gasteiger partial charge in [-0.05, 0) is 50.7 Å². The quantitative estimate of drug-likeness (QED) is 0.806. The van der Waals surface area contributed by atoms with Gasteiger partial charge in [-0.15, -0.1) is 11.3 Å². The maximum absolute atomic E-state index is 6.01. The largest absolute Gasteiger partial charge is 0.489 e. The fraction of sp³-hybridized carbons (Fsp3) is 0.412. The number of likely N-dealkylation sites (N-methyl/N-ethyl adjacent to an activating group) is 1. The summed E-state index contributed by atoms with van der Waals surface area (Å²) >= 11 is 7.88. The van der Waals surface area contributed by atoms with Gasteiger partial charge in [0.15, 0.2) is 0 Å². The highest BCUT2D eigenvalue weighted by Gasteiger charge is 2.18. The lowest BCUT2D eigenvalue weighted by Gasteiger charge is -2.24.